The van der Waals surface area contributed by atoms with Crippen LogP contribution in [0.25, 0.3) is 6.08 Å². The maximum Gasteiger partial charge on any atom is 0.363 e. The molecule has 122 valence electrons. The number of carbonyl (C=O) groups excluding carboxylic acids is 1. The summed E-state index contributed by atoms with van der Waals surface area (Å²) in [4.78, 5) is 18.5. The quantitative estimate of drug-likeness (QED) is 0.418. The van der Waals surface area contributed by atoms with Crippen LogP contribution in [0.5, 0.6) is 0 Å². The first-order valence-corrected chi connectivity index (χ1v) is 8.58. The second kappa shape index (κ2) is 6.76. The first kappa shape index (κ1) is 16.7. The first-order chi connectivity index (χ1) is 11.4. The van der Waals surface area contributed by atoms with Gasteiger partial charge in [0.25, 0.3) is 0 Å². The van der Waals surface area contributed by atoms with E-state index in [1.54, 1.807) is 6.08 Å². The van der Waals surface area contributed by atoms with E-state index in [2.05, 4.69) is 27.6 Å². The van der Waals surface area contributed by atoms with Crippen molar-refractivity contribution in [3.8, 4) is 0 Å². The van der Waals surface area contributed by atoms with Gasteiger partial charge in [0.2, 0.25) is 5.90 Å². The molecule has 0 fully saturated rings. The van der Waals surface area contributed by atoms with Gasteiger partial charge in [0, 0.05) is 28.9 Å². The number of aliphatic imine (C=N–C) groups is 1. The van der Waals surface area contributed by atoms with Crippen LogP contribution in [0.4, 0.5) is 5.69 Å². The Hall–Kier alpha value is -2.15. The molecule has 2 aromatic carbocycles. The average molecular weight is 432 g/mol. The Morgan fingerprint density at radius 2 is 1.83 bits per heavy atom. The van der Waals surface area contributed by atoms with Crippen molar-refractivity contribution in [2.45, 2.75) is 6.92 Å². The van der Waals surface area contributed by atoms with Gasteiger partial charge < -0.3 is 9.64 Å². The van der Waals surface area contributed by atoms with Gasteiger partial charge >= 0.3 is 5.97 Å². The van der Waals surface area contributed by atoms with E-state index in [1.807, 2.05) is 68.4 Å². The van der Waals surface area contributed by atoms with Crippen molar-refractivity contribution in [1.82, 2.24) is 0 Å². The van der Waals surface area contributed by atoms with Gasteiger partial charge in [-0.15, -0.1) is 0 Å². The Kier molecular flexibility index (Phi) is 4.71. The molecule has 0 spiro atoms. The maximum atomic E-state index is 12.1. The number of ether oxygens (including phenoxy) is 1. The van der Waals surface area contributed by atoms with Gasteiger partial charge in [-0.3, -0.25) is 0 Å². The molecule has 1 aliphatic rings. The summed E-state index contributed by atoms with van der Waals surface area (Å²) in [6.45, 7) is 2.04. The molecule has 3 rings (SSSR count). The Bertz CT molecular complexity index is 852. The van der Waals surface area contributed by atoms with Crippen LogP contribution in [-0.2, 0) is 9.53 Å². The normalized spacial score (nSPS) is 15.4. The highest BCUT2D eigenvalue weighted by molar-refractivity contribution is 14.1. The van der Waals surface area contributed by atoms with Crippen LogP contribution < -0.4 is 4.90 Å². The van der Waals surface area contributed by atoms with Crippen molar-refractivity contribution >= 4 is 46.2 Å². The summed E-state index contributed by atoms with van der Waals surface area (Å²) in [6.07, 6.45) is 1.74. The Labute approximate surface area is 155 Å². The predicted molar refractivity (Wildman–Crippen MR) is 105 cm³/mol. The number of rotatable bonds is 3. The topological polar surface area (TPSA) is 41.9 Å². The third-order valence-electron chi connectivity index (χ3n) is 3.75. The first-order valence-electron chi connectivity index (χ1n) is 7.50. The van der Waals surface area contributed by atoms with Gasteiger partial charge in [-0.05, 0) is 71.0 Å². The molecule has 0 N–H and O–H groups in total. The second-order valence-electron chi connectivity index (χ2n) is 5.79. The van der Waals surface area contributed by atoms with E-state index in [4.69, 9.17) is 4.74 Å². The number of nitrogens with zero attached hydrogens (tertiary/aromatic N) is 2. The SMILES string of the molecule is Cc1ccc(C2=NC(=Cc3ccc(N(C)C)cc3)C(=O)O2)cc1I. The molecule has 0 saturated heterocycles. The minimum atomic E-state index is -0.419. The molecule has 1 aliphatic heterocycles. The monoisotopic (exact) mass is 432 g/mol. The lowest BCUT2D eigenvalue weighted by molar-refractivity contribution is -0.129. The molecule has 0 radical (unpaired) electrons. The Balaban J connectivity index is 1.89. The van der Waals surface area contributed by atoms with Crippen molar-refractivity contribution in [3.05, 3.63) is 68.4 Å². The lowest BCUT2D eigenvalue weighted by Gasteiger charge is -2.11. The van der Waals surface area contributed by atoms with Crippen molar-refractivity contribution in [2.24, 2.45) is 4.99 Å². The Morgan fingerprint density at radius 3 is 2.46 bits per heavy atom. The van der Waals surface area contributed by atoms with Crippen LogP contribution in [0.1, 0.15) is 16.7 Å². The predicted octanol–water partition coefficient (Wildman–Crippen LogP) is 4.01. The molecule has 2 aromatic rings. The van der Waals surface area contributed by atoms with Crippen LogP contribution in [0.3, 0.4) is 0 Å². The van der Waals surface area contributed by atoms with Gasteiger partial charge in [-0.2, -0.15) is 0 Å². The molecule has 4 nitrogen and oxygen atoms in total. The zero-order valence-corrected chi connectivity index (χ0v) is 15.9. The van der Waals surface area contributed by atoms with Crippen molar-refractivity contribution in [2.75, 3.05) is 19.0 Å². The van der Waals surface area contributed by atoms with Crippen LogP contribution in [0, 0.1) is 10.5 Å². The van der Waals surface area contributed by atoms with Gasteiger partial charge in [-0.25, -0.2) is 9.79 Å². The minimum Gasteiger partial charge on any atom is -0.402 e. The highest BCUT2D eigenvalue weighted by atomic mass is 127. The third-order valence-corrected chi connectivity index (χ3v) is 4.91. The second-order valence-corrected chi connectivity index (χ2v) is 6.95. The summed E-state index contributed by atoms with van der Waals surface area (Å²) in [5, 5.41) is 0. The van der Waals surface area contributed by atoms with E-state index in [0.29, 0.717) is 11.6 Å². The van der Waals surface area contributed by atoms with Crippen LogP contribution >= 0.6 is 22.6 Å². The molecule has 1 heterocycles. The number of esters is 1. The van der Waals surface area contributed by atoms with Crippen LogP contribution in [0.15, 0.2) is 53.2 Å². The fourth-order valence-electron chi connectivity index (χ4n) is 2.29. The average Bonchev–Trinajstić information content (AvgIpc) is 2.91. The molecule has 0 unspecified atom stereocenters. The fraction of sp³-hybridized carbons (Fsp3) is 0.158. The van der Waals surface area contributed by atoms with Crippen molar-refractivity contribution in [3.63, 3.8) is 0 Å². The van der Waals surface area contributed by atoms with E-state index >= 15 is 0 Å². The molecule has 24 heavy (non-hydrogen) atoms. The summed E-state index contributed by atoms with van der Waals surface area (Å²) < 4.78 is 6.43. The number of carbonyl (C=O) groups is 1. The lowest BCUT2D eigenvalue weighted by Crippen LogP contribution is -2.08. The van der Waals surface area contributed by atoms with Gasteiger partial charge in [0.1, 0.15) is 0 Å². The van der Waals surface area contributed by atoms with E-state index in [1.165, 1.54) is 5.56 Å². The number of halogens is 1. The highest BCUT2D eigenvalue weighted by Crippen LogP contribution is 2.22. The zero-order valence-electron chi connectivity index (χ0n) is 13.7. The van der Waals surface area contributed by atoms with E-state index in [0.717, 1.165) is 20.4 Å². The Morgan fingerprint density at radius 1 is 1.12 bits per heavy atom. The summed E-state index contributed by atoms with van der Waals surface area (Å²) >= 11 is 2.26. The molecule has 5 heteroatoms. The van der Waals surface area contributed by atoms with E-state index in [-0.39, 0.29) is 0 Å². The summed E-state index contributed by atoms with van der Waals surface area (Å²) in [6, 6.07) is 13.8. The number of cyclic esters (lactones) is 1. The lowest BCUT2D eigenvalue weighted by atomic mass is 10.1. The standard InChI is InChI=1S/C19H17IN2O2/c1-12-4-7-14(11-16(12)20)18-21-17(19(23)24-18)10-13-5-8-15(9-6-13)22(2)3/h4-11H,1-3H3. The summed E-state index contributed by atoms with van der Waals surface area (Å²) in [7, 11) is 3.97. The molecule has 0 amide bonds. The summed E-state index contributed by atoms with van der Waals surface area (Å²) in [5.41, 5.74) is 4.32. The largest absolute Gasteiger partial charge is 0.402 e. The molecule has 0 aliphatic carbocycles. The molecule has 0 saturated carbocycles. The van der Waals surface area contributed by atoms with Crippen molar-refractivity contribution in [1.29, 1.82) is 0 Å². The van der Waals surface area contributed by atoms with Crippen LogP contribution in [0.2, 0.25) is 0 Å². The molecule has 0 atom stereocenters. The fourth-order valence-corrected chi connectivity index (χ4v) is 2.80. The smallest absolute Gasteiger partial charge is 0.363 e. The van der Waals surface area contributed by atoms with Gasteiger partial charge in [0.15, 0.2) is 5.70 Å². The van der Waals surface area contributed by atoms with Crippen LogP contribution in [-0.4, -0.2) is 26.0 Å². The highest BCUT2D eigenvalue weighted by Gasteiger charge is 2.24. The maximum absolute atomic E-state index is 12.1. The van der Waals surface area contributed by atoms with Gasteiger partial charge in [-0.1, -0.05) is 18.2 Å². The zero-order chi connectivity index (χ0) is 17.3. The number of benzene rings is 2. The number of anilines is 1. The van der Waals surface area contributed by atoms with E-state index < -0.39 is 5.97 Å². The molecule has 0 bridgehead atoms. The van der Waals surface area contributed by atoms with Gasteiger partial charge in [0.05, 0.1) is 0 Å². The molecule has 0 aromatic heterocycles. The number of hydrogen-bond acceptors (Lipinski definition) is 4. The molecular formula is C19H17IN2O2. The molecular weight excluding hydrogens is 415 g/mol. The summed E-state index contributed by atoms with van der Waals surface area (Å²) in [5.74, 6) is -0.0636. The van der Waals surface area contributed by atoms with E-state index in [9.17, 15) is 4.79 Å². The minimum absolute atomic E-state index is 0.318. The number of hydrogen-bond donors (Lipinski definition) is 0. The number of aryl methyl sites for hydroxylation is 1. The third kappa shape index (κ3) is 3.51. The van der Waals surface area contributed by atoms with Crippen molar-refractivity contribution < 1.29 is 9.53 Å².